The van der Waals surface area contributed by atoms with E-state index in [0.717, 1.165) is 5.56 Å². The van der Waals surface area contributed by atoms with Crippen LogP contribution in [0.2, 0.25) is 10.0 Å². The number of hydrogen-bond donors (Lipinski definition) is 3. The van der Waals surface area contributed by atoms with Gasteiger partial charge in [0.15, 0.2) is 0 Å². The van der Waals surface area contributed by atoms with Crippen molar-refractivity contribution in [3.05, 3.63) is 58.1 Å². The van der Waals surface area contributed by atoms with Crippen LogP contribution in [0.3, 0.4) is 0 Å². The minimum Gasteiger partial charge on any atom is -0.491 e. The zero-order valence-corrected chi connectivity index (χ0v) is 17.1. The molecule has 0 radical (unpaired) electrons. The highest BCUT2D eigenvalue weighted by molar-refractivity contribution is 6.42. The van der Waals surface area contributed by atoms with Gasteiger partial charge in [-0.05, 0) is 55.8 Å². The van der Waals surface area contributed by atoms with Gasteiger partial charge in [0, 0.05) is 24.7 Å². The molecule has 0 fully saturated rings. The van der Waals surface area contributed by atoms with Crippen molar-refractivity contribution >= 4 is 34.8 Å². The lowest BCUT2D eigenvalue weighted by Crippen LogP contribution is -2.42. The van der Waals surface area contributed by atoms with Gasteiger partial charge in [-0.25, -0.2) is 0 Å². The number of halogens is 2. The van der Waals surface area contributed by atoms with E-state index >= 15 is 0 Å². The summed E-state index contributed by atoms with van der Waals surface area (Å²) in [5.74, 6) is 0.488. The van der Waals surface area contributed by atoms with Gasteiger partial charge in [0.2, 0.25) is 5.91 Å². The van der Waals surface area contributed by atoms with Gasteiger partial charge in [-0.15, -0.1) is 0 Å². The quantitative estimate of drug-likeness (QED) is 0.609. The Hall–Kier alpha value is -1.79. The molecule has 0 bridgehead atoms. The molecule has 146 valence electrons. The highest BCUT2D eigenvalue weighted by Crippen LogP contribution is 2.28. The number of aliphatic hydroxyl groups excluding tert-OH is 1. The van der Waals surface area contributed by atoms with Crippen molar-refractivity contribution in [2.75, 3.05) is 18.5 Å². The predicted octanol–water partition coefficient (Wildman–Crippen LogP) is 4.22. The van der Waals surface area contributed by atoms with Gasteiger partial charge in [-0.2, -0.15) is 0 Å². The second kappa shape index (κ2) is 9.42. The third-order valence-electron chi connectivity index (χ3n) is 4.04. The van der Waals surface area contributed by atoms with E-state index in [9.17, 15) is 9.90 Å². The van der Waals surface area contributed by atoms with Crippen LogP contribution in [0, 0.1) is 0 Å². The lowest BCUT2D eigenvalue weighted by Gasteiger charge is -2.28. The van der Waals surface area contributed by atoms with E-state index in [1.165, 1.54) is 6.92 Å². The van der Waals surface area contributed by atoms with Crippen LogP contribution in [-0.2, 0) is 10.3 Å². The molecule has 2 rings (SSSR count). The van der Waals surface area contributed by atoms with Gasteiger partial charge in [0.05, 0.1) is 10.0 Å². The minimum absolute atomic E-state index is 0.130. The number of ether oxygens (including phenoxy) is 1. The van der Waals surface area contributed by atoms with E-state index in [-0.39, 0.29) is 12.5 Å². The number of aliphatic hydroxyl groups is 1. The summed E-state index contributed by atoms with van der Waals surface area (Å²) in [6.45, 7) is 5.94. The maximum Gasteiger partial charge on any atom is 0.221 e. The van der Waals surface area contributed by atoms with Crippen molar-refractivity contribution in [2.45, 2.75) is 32.4 Å². The van der Waals surface area contributed by atoms with Gasteiger partial charge in [0.25, 0.3) is 0 Å². The summed E-state index contributed by atoms with van der Waals surface area (Å²) in [6, 6.07) is 12.4. The summed E-state index contributed by atoms with van der Waals surface area (Å²) in [5, 5.41) is 17.2. The van der Waals surface area contributed by atoms with Crippen molar-refractivity contribution in [2.24, 2.45) is 0 Å². The lowest BCUT2D eigenvalue weighted by atomic mass is 9.94. The van der Waals surface area contributed by atoms with Crippen LogP contribution in [0.5, 0.6) is 5.75 Å². The van der Waals surface area contributed by atoms with Gasteiger partial charge in [-0.3, -0.25) is 4.79 Å². The number of anilines is 1. The maximum absolute atomic E-state index is 11.0. The topological polar surface area (TPSA) is 70.6 Å². The van der Waals surface area contributed by atoms with Crippen LogP contribution in [0.4, 0.5) is 5.69 Å². The van der Waals surface area contributed by atoms with Gasteiger partial charge in [0.1, 0.15) is 18.5 Å². The molecule has 0 aliphatic carbocycles. The Morgan fingerprint density at radius 3 is 2.41 bits per heavy atom. The van der Waals surface area contributed by atoms with E-state index in [4.69, 9.17) is 27.9 Å². The molecular formula is C20H24Cl2N2O3. The SMILES string of the molecule is CC(=O)Nc1ccc(OCC(O)CNC(C)(C)c2ccc(Cl)c(Cl)c2)cc1. The molecule has 5 nitrogen and oxygen atoms in total. The Balaban J connectivity index is 1.83. The van der Waals surface area contributed by atoms with Crippen molar-refractivity contribution in [3.63, 3.8) is 0 Å². The van der Waals surface area contributed by atoms with Crippen LogP contribution >= 0.6 is 23.2 Å². The van der Waals surface area contributed by atoms with Crippen molar-refractivity contribution in [1.29, 1.82) is 0 Å². The number of amides is 1. The molecule has 0 spiro atoms. The monoisotopic (exact) mass is 410 g/mol. The third kappa shape index (κ3) is 6.70. The molecule has 1 unspecified atom stereocenters. The predicted molar refractivity (Wildman–Crippen MR) is 110 cm³/mol. The van der Waals surface area contributed by atoms with E-state index in [0.29, 0.717) is 28.0 Å². The molecule has 0 saturated carbocycles. The molecule has 0 heterocycles. The first-order valence-corrected chi connectivity index (χ1v) is 9.32. The highest BCUT2D eigenvalue weighted by atomic mass is 35.5. The van der Waals surface area contributed by atoms with Crippen LogP contribution in [0.15, 0.2) is 42.5 Å². The fourth-order valence-electron chi connectivity index (χ4n) is 2.45. The molecule has 7 heteroatoms. The smallest absolute Gasteiger partial charge is 0.221 e. The molecule has 0 aromatic heterocycles. The maximum atomic E-state index is 11.0. The highest BCUT2D eigenvalue weighted by Gasteiger charge is 2.22. The summed E-state index contributed by atoms with van der Waals surface area (Å²) >= 11 is 12.0. The first kappa shape index (κ1) is 21.5. The number of carbonyl (C=O) groups is 1. The molecular weight excluding hydrogens is 387 g/mol. The van der Waals surface area contributed by atoms with Crippen LogP contribution < -0.4 is 15.4 Å². The molecule has 0 aliphatic rings. The number of hydrogen-bond acceptors (Lipinski definition) is 4. The number of rotatable bonds is 8. The summed E-state index contributed by atoms with van der Waals surface area (Å²) in [6.07, 6.45) is -0.693. The molecule has 1 amide bonds. The van der Waals surface area contributed by atoms with Crippen molar-refractivity contribution in [3.8, 4) is 5.75 Å². The second-order valence-electron chi connectivity index (χ2n) is 6.81. The fraction of sp³-hybridized carbons (Fsp3) is 0.350. The van der Waals surface area contributed by atoms with E-state index in [1.54, 1.807) is 30.3 Å². The number of carbonyl (C=O) groups excluding carboxylic acids is 1. The molecule has 27 heavy (non-hydrogen) atoms. The summed E-state index contributed by atoms with van der Waals surface area (Å²) in [5.41, 5.74) is 1.27. The Morgan fingerprint density at radius 2 is 1.81 bits per heavy atom. The van der Waals surface area contributed by atoms with E-state index < -0.39 is 11.6 Å². The fourth-order valence-corrected chi connectivity index (χ4v) is 2.75. The summed E-state index contributed by atoms with van der Waals surface area (Å²) in [4.78, 5) is 11.0. The van der Waals surface area contributed by atoms with Crippen molar-refractivity contribution in [1.82, 2.24) is 5.32 Å². The second-order valence-corrected chi connectivity index (χ2v) is 7.62. The molecule has 1 atom stereocenters. The largest absolute Gasteiger partial charge is 0.491 e. The van der Waals surface area contributed by atoms with Gasteiger partial charge in [-0.1, -0.05) is 29.3 Å². The zero-order valence-electron chi connectivity index (χ0n) is 15.6. The standard InChI is InChI=1S/C20H24Cl2N2O3/c1-13(25)24-15-5-7-17(8-6-15)27-12-16(26)11-23-20(2,3)14-4-9-18(21)19(22)10-14/h4-10,16,23,26H,11-12H2,1-3H3,(H,24,25). The van der Waals surface area contributed by atoms with E-state index in [2.05, 4.69) is 10.6 Å². The van der Waals surface area contributed by atoms with Crippen molar-refractivity contribution < 1.29 is 14.6 Å². The van der Waals surface area contributed by atoms with Crippen LogP contribution in [-0.4, -0.2) is 30.3 Å². The summed E-state index contributed by atoms with van der Waals surface area (Å²) in [7, 11) is 0. The normalized spacial score (nSPS) is 12.5. The average molecular weight is 411 g/mol. The first-order valence-electron chi connectivity index (χ1n) is 8.56. The van der Waals surface area contributed by atoms with Gasteiger partial charge >= 0.3 is 0 Å². The minimum atomic E-state index is -0.693. The number of nitrogens with one attached hydrogen (secondary N) is 2. The van der Waals surface area contributed by atoms with E-state index in [1.807, 2.05) is 26.0 Å². The molecule has 0 saturated heterocycles. The Labute approximate surface area is 169 Å². The Kier molecular flexibility index (Phi) is 7.50. The molecule has 0 aliphatic heterocycles. The molecule has 2 aromatic rings. The first-order chi connectivity index (χ1) is 12.7. The summed E-state index contributed by atoms with van der Waals surface area (Å²) < 4.78 is 5.59. The third-order valence-corrected chi connectivity index (χ3v) is 4.78. The number of benzene rings is 2. The molecule has 3 N–H and O–H groups in total. The van der Waals surface area contributed by atoms with Gasteiger partial charge < -0.3 is 20.5 Å². The lowest BCUT2D eigenvalue weighted by molar-refractivity contribution is -0.114. The molecule has 2 aromatic carbocycles. The van der Waals surface area contributed by atoms with Crippen LogP contribution in [0.1, 0.15) is 26.3 Å². The van der Waals surface area contributed by atoms with Crippen LogP contribution in [0.25, 0.3) is 0 Å². The Bertz CT molecular complexity index is 779. The average Bonchev–Trinajstić information content (AvgIpc) is 2.61. The Morgan fingerprint density at radius 1 is 1.15 bits per heavy atom. The zero-order chi connectivity index (χ0) is 20.0.